The first-order chi connectivity index (χ1) is 14.0. The SMILES string of the molecule is N#Cc1ccnc(NC(=O)C2=CCC3NC(Nc4c(Cl)cccc4Cl)=NC3=C2)c1. The highest BCUT2D eigenvalue weighted by atomic mass is 35.5. The minimum absolute atomic E-state index is 0.0460. The fourth-order valence-corrected chi connectivity index (χ4v) is 3.46. The number of nitriles is 1. The van der Waals surface area contributed by atoms with E-state index in [1.54, 1.807) is 30.3 Å². The number of hydrogen-bond acceptors (Lipinski definition) is 6. The molecule has 0 fully saturated rings. The maximum Gasteiger partial charge on any atom is 0.256 e. The lowest BCUT2D eigenvalue weighted by atomic mass is 10.00. The second-order valence-corrected chi connectivity index (χ2v) is 7.15. The Morgan fingerprint density at radius 1 is 1.28 bits per heavy atom. The standard InChI is InChI=1S/C20H14Cl2N6O/c21-13-2-1-3-14(22)18(13)28-20-25-15-5-4-12(9-16(15)26-20)19(29)27-17-8-11(10-23)6-7-24-17/h1-4,6-9,15H,5H2,(H,24,27,29)(H2,25,26,28). The number of guanidine groups is 1. The Balaban J connectivity index is 1.49. The van der Waals surface area contributed by atoms with Crippen molar-refractivity contribution in [3.8, 4) is 6.07 Å². The number of anilines is 2. The molecule has 0 saturated carbocycles. The number of fused-ring (bicyclic) bond motifs is 1. The summed E-state index contributed by atoms with van der Waals surface area (Å²) in [7, 11) is 0. The van der Waals surface area contributed by atoms with Gasteiger partial charge in [-0.25, -0.2) is 9.98 Å². The van der Waals surface area contributed by atoms with Gasteiger partial charge in [-0.2, -0.15) is 5.26 Å². The lowest BCUT2D eigenvalue weighted by Crippen LogP contribution is -2.34. The molecule has 1 atom stereocenters. The molecule has 0 saturated heterocycles. The van der Waals surface area contributed by atoms with Gasteiger partial charge in [0.15, 0.2) is 0 Å². The average molecular weight is 425 g/mol. The first-order valence-corrected chi connectivity index (χ1v) is 9.44. The molecule has 144 valence electrons. The van der Waals surface area contributed by atoms with Crippen LogP contribution in [0, 0.1) is 11.3 Å². The number of nitrogens with one attached hydrogen (secondary N) is 3. The van der Waals surface area contributed by atoms with Gasteiger partial charge in [0.05, 0.1) is 39.1 Å². The zero-order chi connectivity index (χ0) is 20.4. The highest BCUT2D eigenvalue weighted by Gasteiger charge is 2.27. The van der Waals surface area contributed by atoms with Gasteiger partial charge in [0.2, 0.25) is 5.96 Å². The van der Waals surface area contributed by atoms with Crippen molar-refractivity contribution in [3.05, 3.63) is 75.6 Å². The van der Waals surface area contributed by atoms with Crippen LogP contribution < -0.4 is 16.0 Å². The number of benzene rings is 1. The number of aliphatic imine (C=N–C) groups is 1. The second-order valence-electron chi connectivity index (χ2n) is 6.34. The van der Waals surface area contributed by atoms with Crippen LogP contribution in [0.15, 0.2) is 64.9 Å². The molecule has 1 unspecified atom stereocenters. The van der Waals surface area contributed by atoms with E-state index in [1.807, 2.05) is 12.1 Å². The third kappa shape index (κ3) is 4.09. The van der Waals surface area contributed by atoms with E-state index in [-0.39, 0.29) is 11.9 Å². The van der Waals surface area contributed by atoms with E-state index in [2.05, 4.69) is 25.9 Å². The molecule has 2 aromatic rings. The van der Waals surface area contributed by atoms with Crippen molar-refractivity contribution in [2.45, 2.75) is 12.5 Å². The Bertz CT molecular complexity index is 1110. The number of halogens is 2. The van der Waals surface area contributed by atoms with E-state index in [4.69, 9.17) is 28.5 Å². The van der Waals surface area contributed by atoms with Crippen LogP contribution in [0.1, 0.15) is 12.0 Å². The van der Waals surface area contributed by atoms with Gasteiger partial charge in [0.1, 0.15) is 5.82 Å². The third-order valence-electron chi connectivity index (χ3n) is 4.38. The highest BCUT2D eigenvalue weighted by molar-refractivity contribution is 6.39. The first-order valence-electron chi connectivity index (χ1n) is 8.69. The number of rotatable bonds is 3. The fraction of sp³-hybridized carbons (Fsp3) is 0.100. The number of amides is 1. The van der Waals surface area contributed by atoms with Crippen LogP contribution in [0.4, 0.5) is 11.5 Å². The monoisotopic (exact) mass is 424 g/mol. The Labute approximate surface area is 176 Å². The second kappa shape index (κ2) is 7.95. The molecule has 9 heteroatoms. The summed E-state index contributed by atoms with van der Waals surface area (Å²) in [4.78, 5) is 21.1. The third-order valence-corrected chi connectivity index (χ3v) is 5.01. The predicted octanol–water partition coefficient (Wildman–Crippen LogP) is 3.85. The number of carbonyl (C=O) groups is 1. The topological polar surface area (TPSA) is 102 Å². The molecule has 1 aliphatic carbocycles. The van der Waals surface area contributed by atoms with E-state index in [0.29, 0.717) is 45.1 Å². The molecule has 1 aromatic heterocycles. The number of carbonyl (C=O) groups excluding carboxylic acids is 1. The Morgan fingerprint density at radius 3 is 2.83 bits per heavy atom. The number of aromatic nitrogens is 1. The summed E-state index contributed by atoms with van der Waals surface area (Å²) in [5, 5.41) is 19.0. The van der Waals surface area contributed by atoms with Crippen molar-refractivity contribution in [1.29, 1.82) is 5.26 Å². The van der Waals surface area contributed by atoms with Gasteiger partial charge in [-0.15, -0.1) is 0 Å². The first kappa shape index (κ1) is 19.0. The number of hydrogen-bond donors (Lipinski definition) is 3. The molecule has 7 nitrogen and oxygen atoms in total. The summed E-state index contributed by atoms with van der Waals surface area (Å²) in [6.45, 7) is 0. The van der Waals surface area contributed by atoms with Gasteiger partial charge in [-0.05, 0) is 36.8 Å². The number of nitrogens with zero attached hydrogens (tertiary/aromatic N) is 3. The van der Waals surface area contributed by atoms with Crippen molar-refractivity contribution < 1.29 is 4.79 Å². The lowest BCUT2D eigenvalue weighted by Gasteiger charge is -2.17. The van der Waals surface area contributed by atoms with Crippen molar-refractivity contribution in [2.75, 3.05) is 10.6 Å². The van der Waals surface area contributed by atoms with Crippen LogP contribution in [0.2, 0.25) is 10.0 Å². The molecular formula is C20H14Cl2N6O. The molecule has 1 aromatic carbocycles. The minimum Gasteiger partial charge on any atom is -0.347 e. The summed E-state index contributed by atoms with van der Waals surface area (Å²) in [6, 6.07) is 10.3. The summed E-state index contributed by atoms with van der Waals surface area (Å²) in [6.07, 6.45) is 5.60. The van der Waals surface area contributed by atoms with Crippen molar-refractivity contribution >= 4 is 46.6 Å². The summed E-state index contributed by atoms with van der Waals surface area (Å²) >= 11 is 12.4. The van der Waals surface area contributed by atoms with Crippen LogP contribution in [-0.2, 0) is 4.79 Å². The lowest BCUT2D eigenvalue weighted by molar-refractivity contribution is -0.112. The normalized spacial score (nSPS) is 17.1. The number of pyridine rings is 1. The molecule has 1 amide bonds. The van der Waals surface area contributed by atoms with E-state index < -0.39 is 0 Å². The van der Waals surface area contributed by atoms with Gasteiger partial charge in [0, 0.05) is 11.8 Å². The Kier molecular flexibility index (Phi) is 5.21. The molecule has 1 aliphatic heterocycles. The Hall–Kier alpha value is -3.34. The van der Waals surface area contributed by atoms with Gasteiger partial charge >= 0.3 is 0 Å². The van der Waals surface area contributed by atoms with Crippen LogP contribution in [0.3, 0.4) is 0 Å². The molecule has 3 N–H and O–H groups in total. The van der Waals surface area contributed by atoms with Crippen molar-refractivity contribution in [2.24, 2.45) is 4.99 Å². The van der Waals surface area contributed by atoms with Crippen LogP contribution in [0.5, 0.6) is 0 Å². The zero-order valence-electron chi connectivity index (χ0n) is 14.9. The molecule has 0 bridgehead atoms. The molecule has 4 rings (SSSR count). The summed E-state index contributed by atoms with van der Waals surface area (Å²) in [5.41, 5.74) is 2.19. The maximum atomic E-state index is 12.6. The largest absolute Gasteiger partial charge is 0.347 e. The van der Waals surface area contributed by atoms with Crippen molar-refractivity contribution in [3.63, 3.8) is 0 Å². The van der Waals surface area contributed by atoms with E-state index in [1.165, 1.54) is 12.3 Å². The quantitative estimate of drug-likeness (QED) is 0.694. The van der Waals surface area contributed by atoms with Gasteiger partial charge in [0.25, 0.3) is 5.91 Å². The smallest absolute Gasteiger partial charge is 0.256 e. The zero-order valence-corrected chi connectivity index (χ0v) is 16.4. The molecule has 29 heavy (non-hydrogen) atoms. The van der Waals surface area contributed by atoms with Gasteiger partial charge in [-0.1, -0.05) is 35.3 Å². The molecule has 0 radical (unpaired) electrons. The predicted molar refractivity (Wildman–Crippen MR) is 113 cm³/mol. The molecule has 2 aliphatic rings. The summed E-state index contributed by atoms with van der Waals surface area (Å²) < 4.78 is 0. The summed E-state index contributed by atoms with van der Waals surface area (Å²) in [5.74, 6) is 0.512. The van der Waals surface area contributed by atoms with Gasteiger partial charge < -0.3 is 16.0 Å². The van der Waals surface area contributed by atoms with Gasteiger partial charge in [-0.3, -0.25) is 4.79 Å². The molecular weight excluding hydrogens is 411 g/mol. The fourth-order valence-electron chi connectivity index (χ4n) is 2.97. The molecule has 0 spiro atoms. The minimum atomic E-state index is -0.315. The van der Waals surface area contributed by atoms with Crippen LogP contribution in [-0.4, -0.2) is 22.9 Å². The Morgan fingerprint density at radius 2 is 2.07 bits per heavy atom. The van der Waals surface area contributed by atoms with Crippen molar-refractivity contribution in [1.82, 2.24) is 10.3 Å². The highest BCUT2D eigenvalue weighted by Crippen LogP contribution is 2.31. The van der Waals surface area contributed by atoms with E-state index in [9.17, 15) is 4.79 Å². The van der Waals surface area contributed by atoms with E-state index >= 15 is 0 Å². The van der Waals surface area contributed by atoms with Crippen LogP contribution in [0.25, 0.3) is 0 Å². The molecule has 2 heterocycles. The maximum absolute atomic E-state index is 12.6. The average Bonchev–Trinajstić information content (AvgIpc) is 3.12. The van der Waals surface area contributed by atoms with E-state index in [0.717, 1.165) is 5.70 Å². The number of para-hydroxylation sites is 1. The van der Waals surface area contributed by atoms with Crippen LogP contribution >= 0.6 is 23.2 Å².